The minimum absolute atomic E-state index is 0.110. The third-order valence-electron chi connectivity index (χ3n) is 8.37. The Hall–Kier alpha value is -2.70. The number of hydrogen-bond acceptors (Lipinski definition) is 4. The molecule has 7 heteroatoms. The van der Waals surface area contributed by atoms with Gasteiger partial charge in [0.1, 0.15) is 11.5 Å². The number of aromatic nitrogens is 3. The second-order valence-corrected chi connectivity index (χ2v) is 10.6. The van der Waals surface area contributed by atoms with Crippen molar-refractivity contribution in [2.24, 2.45) is 23.2 Å². The summed E-state index contributed by atoms with van der Waals surface area (Å²) < 4.78 is 2.05. The molecule has 0 aromatic carbocycles. The predicted molar refractivity (Wildman–Crippen MR) is 118 cm³/mol. The number of rotatable bonds is 4. The second-order valence-electron chi connectivity index (χ2n) is 10.6. The molecule has 4 saturated carbocycles. The first kappa shape index (κ1) is 19.9. The van der Waals surface area contributed by atoms with Crippen molar-refractivity contribution in [3.8, 4) is 0 Å². The minimum atomic E-state index is -0.205. The van der Waals surface area contributed by atoms with Crippen LogP contribution in [0.2, 0.25) is 0 Å². The largest absolute Gasteiger partial charge is 0.345 e. The van der Waals surface area contributed by atoms with E-state index in [-0.39, 0.29) is 17.4 Å². The van der Waals surface area contributed by atoms with Crippen molar-refractivity contribution in [1.29, 1.82) is 0 Å². The van der Waals surface area contributed by atoms with E-state index in [1.54, 1.807) is 6.20 Å². The van der Waals surface area contributed by atoms with Crippen molar-refractivity contribution >= 4 is 11.8 Å². The van der Waals surface area contributed by atoms with E-state index in [1.807, 2.05) is 29.0 Å². The summed E-state index contributed by atoms with van der Waals surface area (Å²) in [7, 11) is 0. The highest BCUT2D eigenvalue weighted by molar-refractivity contribution is 5.92. The van der Waals surface area contributed by atoms with E-state index in [0.717, 1.165) is 48.5 Å². The number of carbonyl (C=O) groups excluding carboxylic acids is 2. The second kappa shape index (κ2) is 7.42. The zero-order chi connectivity index (χ0) is 21.9. The monoisotopic (exact) mass is 433 g/mol. The van der Waals surface area contributed by atoms with Crippen molar-refractivity contribution < 1.29 is 9.59 Å². The van der Waals surface area contributed by atoms with Crippen molar-refractivity contribution in [3.05, 3.63) is 47.8 Å². The van der Waals surface area contributed by atoms with Gasteiger partial charge in [-0.3, -0.25) is 14.6 Å². The fourth-order valence-electron chi connectivity index (χ4n) is 7.32. The predicted octanol–water partition coefficient (Wildman–Crippen LogP) is 3.33. The van der Waals surface area contributed by atoms with Gasteiger partial charge in [-0.2, -0.15) is 0 Å². The molecule has 1 atom stereocenters. The Kier molecular flexibility index (Phi) is 4.63. The molecule has 4 fully saturated rings. The van der Waals surface area contributed by atoms with Crippen LogP contribution in [0.1, 0.15) is 73.5 Å². The first-order valence-corrected chi connectivity index (χ1v) is 12.1. The van der Waals surface area contributed by atoms with Gasteiger partial charge in [0, 0.05) is 25.5 Å². The average molecular weight is 434 g/mol. The Labute approximate surface area is 188 Å². The number of fused-ring (bicyclic) bond motifs is 1. The molecule has 0 spiro atoms. The van der Waals surface area contributed by atoms with E-state index in [2.05, 4.69) is 27.1 Å². The molecule has 4 aliphatic carbocycles. The Balaban J connectivity index is 1.18. The van der Waals surface area contributed by atoms with E-state index < -0.39 is 0 Å². The molecule has 0 unspecified atom stereocenters. The van der Waals surface area contributed by atoms with Crippen LogP contribution in [0.3, 0.4) is 0 Å². The van der Waals surface area contributed by atoms with Crippen LogP contribution in [0.25, 0.3) is 0 Å². The summed E-state index contributed by atoms with van der Waals surface area (Å²) in [6.45, 7) is 3.82. The molecular weight excluding hydrogens is 402 g/mol. The van der Waals surface area contributed by atoms with Gasteiger partial charge in [0.15, 0.2) is 0 Å². The van der Waals surface area contributed by atoms with Gasteiger partial charge in [0.2, 0.25) is 5.91 Å². The fraction of sp³-hybridized carbons (Fsp3) is 0.600. The van der Waals surface area contributed by atoms with E-state index in [4.69, 9.17) is 0 Å². The minimum Gasteiger partial charge on any atom is -0.345 e. The van der Waals surface area contributed by atoms with E-state index >= 15 is 0 Å². The molecule has 2 aromatic rings. The van der Waals surface area contributed by atoms with Crippen molar-refractivity contribution in [2.45, 2.75) is 64.6 Å². The van der Waals surface area contributed by atoms with Crippen molar-refractivity contribution in [2.75, 3.05) is 6.54 Å². The van der Waals surface area contributed by atoms with Crippen LogP contribution in [0.15, 0.2) is 30.6 Å². The fourth-order valence-corrected chi connectivity index (χ4v) is 7.32. The van der Waals surface area contributed by atoms with E-state index in [9.17, 15) is 9.59 Å². The number of amides is 2. The SMILES string of the molecule is C[C@@H]1c2nc(C(=O)NCc3ccccn3)cn2CCN1C(=O)C12CC3CC(CC(C3)C1)C2. The lowest BCUT2D eigenvalue weighted by Gasteiger charge is -2.57. The Morgan fingerprint density at radius 2 is 1.81 bits per heavy atom. The number of pyridine rings is 1. The molecule has 7 rings (SSSR count). The van der Waals surface area contributed by atoms with E-state index in [0.29, 0.717) is 31.2 Å². The lowest BCUT2D eigenvalue weighted by molar-refractivity contribution is -0.161. The van der Waals surface area contributed by atoms with Crippen LogP contribution in [0, 0.1) is 23.2 Å². The van der Waals surface area contributed by atoms with Crippen LogP contribution in [0.4, 0.5) is 0 Å². The number of carbonyl (C=O) groups is 2. The maximum absolute atomic E-state index is 13.9. The van der Waals surface area contributed by atoms with Crippen LogP contribution in [-0.2, 0) is 17.9 Å². The number of nitrogens with zero attached hydrogens (tertiary/aromatic N) is 4. The van der Waals surface area contributed by atoms with Gasteiger partial charge in [0.05, 0.1) is 23.7 Å². The third kappa shape index (κ3) is 3.24. The Bertz CT molecular complexity index is 1010. The molecule has 4 bridgehead atoms. The summed E-state index contributed by atoms with van der Waals surface area (Å²) in [4.78, 5) is 37.5. The van der Waals surface area contributed by atoms with E-state index in [1.165, 1.54) is 19.3 Å². The molecular formula is C25H31N5O2. The molecule has 168 valence electrons. The molecule has 1 N–H and O–H groups in total. The zero-order valence-electron chi connectivity index (χ0n) is 18.7. The molecule has 1 aliphatic heterocycles. The van der Waals surface area contributed by atoms with Crippen LogP contribution in [0.5, 0.6) is 0 Å². The quantitative estimate of drug-likeness (QED) is 0.802. The summed E-state index contributed by atoms with van der Waals surface area (Å²) in [5, 5.41) is 2.90. The molecule has 0 saturated heterocycles. The molecule has 2 amide bonds. The van der Waals surface area contributed by atoms with Gasteiger partial charge in [0.25, 0.3) is 5.91 Å². The first-order chi connectivity index (χ1) is 15.5. The topological polar surface area (TPSA) is 80.1 Å². The number of imidazole rings is 1. The lowest BCUT2D eigenvalue weighted by Crippen LogP contribution is -2.56. The summed E-state index contributed by atoms with van der Waals surface area (Å²) in [6.07, 6.45) is 10.8. The van der Waals surface area contributed by atoms with Gasteiger partial charge >= 0.3 is 0 Å². The molecule has 3 heterocycles. The summed E-state index contributed by atoms with van der Waals surface area (Å²) in [5.41, 5.74) is 1.08. The molecule has 0 radical (unpaired) electrons. The molecule has 2 aromatic heterocycles. The third-order valence-corrected chi connectivity index (χ3v) is 8.37. The lowest BCUT2D eigenvalue weighted by atomic mass is 9.49. The zero-order valence-corrected chi connectivity index (χ0v) is 18.7. The van der Waals surface area contributed by atoms with Gasteiger partial charge in [-0.1, -0.05) is 6.07 Å². The molecule has 32 heavy (non-hydrogen) atoms. The van der Waals surface area contributed by atoms with Gasteiger partial charge in [-0.05, 0) is 75.3 Å². The number of nitrogens with one attached hydrogen (secondary N) is 1. The highest BCUT2D eigenvalue weighted by Crippen LogP contribution is 2.61. The van der Waals surface area contributed by atoms with Gasteiger partial charge in [-0.15, -0.1) is 0 Å². The standard InChI is InChI=1S/C25H31N5O2/c1-16-22-28-21(23(31)27-14-20-4-2-3-5-26-20)15-29(22)6-7-30(16)24(32)25-11-17-8-18(12-25)10-19(9-17)13-25/h2-5,15-19H,6-14H2,1H3,(H,27,31)/t16-,17?,18?,19?,25?/m1/s1. The first-order valence-electron chi connectivity index (χ1n) is 12.1. The van der Waals surface area contributed by atoms with Crippen LogP contribution < -0.4 is 5.32 Å². The van der Waals surface area contributed by atoms with Crippen molar-refractivity contribution in [1.82, 2.24) is 24.8 Å². The Morgan fingerprint density at radius 1 is 1.09 bits per heavy atom. The summed E-state index contributed by atoms with van der Waals surface area (Å²) in [5.74, 6) is 3.21. The normalized spacial score (nSPS) is 32.6. The Morgan fingerprint density at radius 3 is 2.47 bits per heavy atom. The molecule has 7 nitrogen and oxygen atoms in total. The van der Waals surface area contributed by atoms with Crippen molar-refractivity contribution in [3.63, 3.8) is 0 Å². The van der Waals surface area contributed by atoms with Gasteiger partial charge < -0.3 is 14.8 Å². The number of hydrogen-bond donors (Lipinski definition) is 1. The van der Waals surface area contributed by atoms with Gasteiger partial charge in [-0.25, -0.2) is 4.98 Å². The maximum atomic E-state index is 13.9. The highest BCUT2D eigenvalue weighted by Gasteiger charge is 2.56. The van der Waals surface area contributed by atoms with Crippen LogP contribution in [-0.4, -0.2) is 37.8 Å². The smallest absolute Gasteiger partial charge is 0.271 e. The maximum Gasteiger partial charge on any atom is 0.271 e. The summed E-state index contributed by atoms with van der Waals surface area (Å²) in [6, 6.07) is 5.53. The average Bonchev–Trinajstić information content (AvgIpc) is 3.23. The highest BCUT2D eigenvalue weighted by atomic mass is 16.2. The van der Waals surface area contributed by atoms with Crippen LogP contribution >= 0.6 is 0 Å². The summed E-state index contributed by atoms with van der Waals surface area (Å²) >= 11 is 0. The molecule has 5 aliphatic rings.